The SMILES string of the molecule is CCc1c(N(C)C)cc(C)nc1NCc1ccc(CNCCCNC2CCCCC2)cc1. The fourth-order valence-electron chi connectivity index (χ4n) is 4.60. The smallest absolute Gasteiger partial charge is 0.131 e. The Bertz CT molecular complexity index is 810. The van der Waals surface area contributed by atoms with Crippen molar-refractivity contribution in [3.8, 4) is 0 Å². The summed E-state index contributed by atoms with van der Waals surface area (Å²) in [5.41, 5.74) is 6.19. The molecule has 0 amide bonds. The fourth-order valence-corrected chi connectivity index (χ4v) is 4.60. The Labute approximate surface area is 195 Å². The molecule has 1 heterocycles. The molecule has 5 heteroatoms. The first-order valence-corrected chi connectivity index (χ1v) is 12.5. The predicted octanol–water partition coefficient (Wildman–Crippen LogP) is 5.03. The van der Waals surface area contributed by atoms with Crippen molar-refractivity contribution < 1.29 is 0 Å². The number of aryl methyl sites for hydroxylation is 1. The van der Waals surface area contributed by atoms with E-state index in [0.29, 0.717) is 0 Å². The number of rotatable bonds is 12. The Morgan fingerprint density at radius 1 is 0.969 bits per heavy atom. The Morgan fingerprint density at radius 2 is 1.66 bits per heavy atom. The molecule has 1 aromatic heterocycles. The second kappa shape index (κ2) is 12.8. The zero-order valence-corrected chi connectivity index (χ0v) is 20.6. The Kier molecular flexibility index (Phi) is 9.82. The van der Waals surface area contributed by atoms with E-state index in [-0.39, 0.29) is 0 Å². The van der Waals surface area contributed by atoms with Gasteiger partial charge in [-0.15, -0.1) is 0 Å². The molecule has 176 valence electrons. The lowest BCUT2D eigenvalue weighted by Crippen LogP contribution is -2.33. The first-order valence-electron chi connectivity index (χ1n) is 12.5. The number of aromatic nitrogens is 1. The van der Waals surface area contributed by atoms with Crippen LogP contribution in [0, 0.1) is 6.92 Å². The third-order valence-corrected chi connectivity index (χ3v) is 6.44. The molecule has 0 saturated heterocycles. The average Bonchev–Trinajstić information content (AvgIpc) is 2.81. The summed E-state index contributed by atoms with van der Waals surface area (Å²) in [4.78, 5) is 6.93. The number of anilines is 2. The molecule has 1 aliphatic rings. The maximum Gasteiger partial charge on any atom is 0.131 e. The van der Waals surface area contributed by atoms with E-state index in [1.54, 1.807) is 0 Å². The van der Waals surface area contributed by atoms with Crippen LogP contribution in [0.4, 0.5) is 11.5 Å². The van der Waals surface area contributed by atoms with E-state index in [4.69, 9.17) is 4.98 Å². The van der Waals surface area contributed by atoms with Crippen molar-refractivity contribution in [3.63, 3.8) is 0 Å². The van der Waals surface area contributed by atoms with Gasteiger partial charge in [0.25, 0.3) is 0 Å². The Morgan fingerprint density at radius 3 is 2.31 bits per heavy atom. The highest BCUT2D eigenvalue weighted by atomic mass is 15.1. The van der Waals surface area contributed by atoms with Gasteiger partial charge in [-0.1, -0.05) is 50.5 Å². The minimum atomic E-state index is 0.766. The van der Waals surface area contributed by atoms with Crippen LogP contribution in [0.15, 0.2) is 30.3 Å². The normalized spacial score (nSPS) is 14.5. The summed E-state index contributed by atoms with van der Waals surface area (Å²) < 4.78 is 0. The van der Waals surface area contributed by atoms with Crippen molar-refractivity contribution in [1.82, 2.24) is 15.6 Å². The largest absolute Gasteiger partial charge is 0.377 e. The molecule has 0 radical (unpaired) electrons. The van der Waals surface area contributed by atoms with Crippen LogP contribution in [0.3, 0.4) is 0 Å². The second-order valence-electron chi connectivity index (χ2n) is 9.35. The maximum absolute atomic E-state index is 4.76. The molecule has 0 unspecified atom stereocenters. The van der Waals surface area contributed by atoms with E-state index in [1.165, 1.54) is 60.9 Å². The Balaban J connectivity index is 1.40. The summed E-state index contributed by atoms with van der Waals surface area (Å²) in [6.45, 7) is 8.17. The summed E-state index contributed by atoms with van der Waals surface area (Å²) in [5, 5.41) is 10.9. The third-order valence-electron chi connectivity index (χ3n) is 6.44. The van der Waals surface area contributed by atoms with E-state index in [1.807, 2.05) is 0 Å². The van der Waals surface area contributed by atoms with Crippen molar-refractivity contribution in [2.24, 2.45) is 0 Å². The summed E-state index contributed by atoms with van der Waals surface area (Å²) in [6.07, 6.45) is 9.12. The van der Waals surface area contributed by atoms with Gasteiger partial charge in [0.15, 0.2) is 0 Å². The first-order chi connectivity index (χ1) is 15.6. The molecule has 1 saturated carbocycles. The maximum atomic E-state index is 4.76. The highest BCUT2D eigenvalue weighted by Crippen LogP contribution is 2.27. The van der Waals surface area contributed by atoms with Gasteiger partial charge in [0, 0.05) is 50.2 Å². The van der Waals surface area contributed by atoms with Gasteiger partial charge >= 0.3 is 0 Å². The molecule has 3 rings (SSSR count). The number of pyridine rings is 1. The highest BCUT2D eigenvalue weighted by Gasteiger charge is 2.12. The van der Waals surface area contributed by atoms with Crippen LogP contribution in [0.2, 0.25) is 0 Å². The van der Waals surface area contributed by atoms with Gasteiger partial charge in [-0.2, -0.15) is 0 Å². The summed E-state index contributed by atoms with van der Waals surface area (Å²) >= 11 is 0. The summed E-state index contributed by atoms with van der Waals surface area (Å²) in [7, 11) is 4.19. The molecule has 3 N–H and O–H groups in total. The van der Waals surface area contributed by atoms with Gasteiger partial charge < -0.3 is 20.9 Å². The van der Waals surface area contributed by atoms with Crippen molar-refractivity contribution in [2.75, 3.05) is 37.4 Å². The zero-order chi connectivity index (χ0) is 22.8. The molecule has 2 aromatic rings. The van der Waals surface area contributed by atoms with E-state index >= 15 is 0 Å². The molecule has 1 aliphatic carbocycles. The monoisotopic (exact) mass is 437 g/mol. The van der Waals surface area contributed by atoms with E-state index in [2.05, 4.69) is 79.1 Å². The molecule has 0 bridgehead atoms. The number of hydrogen-bond donors (Lipinski definition) is 3. The van der Waals surface area contributed by atoms with Crippen LogP contribution in [-0.2, 0) is 19.5 Å². The van der Waals surface area contributed by atoms with Gasteiger partial charge in [0.05, 0.1) is 0 Å². The van der Waals surface area contributed by atoms with Gasteiger partial charge in [0.2, 0.25) is 0 Å². The first kappa shape index (κ1) is 24.5. The van der Waals surface area contributed by atoms with Crippen LogP contribution >= 0.6 is 0 Å². The van der Waals surface area contributed by atoms with Gasteiger partial charge in [-0.05, 0) is 62.9 Å². The van der Waals surface area contributed by atoms with E-state index in [9.17, 15) is 0 Å². The quantitative estimate of drug-likeness (QED) is 0.407. The van der Waals surface area contributed by atoms with Crippen molar-refractivity contribution in [2.45, 2.75) is 77.9 Å². The Hall–Kier alpha value is -2.11. The minimum Gasteiger partial charge on any atom is -0.377 e. The lowest BCUT2D eigenvalue weighted by Gasteiger charge is -2.22. The van der Waals surface area contributed by atoms with Crippen LogP contribution in [0.5, 0.6) is 0 Å². The number of hydrogen-bond acceptors (Lipinski definition) is 5. The van der Waals surface area contributed by atoms with Crippen LogP contribution in [0.1, 0.15) is 67.8 Å². The molecule has 32 heavy (non-hydrogen) atoms. The van der Waals surface area contributed by atoms with Crippen molar-refractivity contribution >= 4 is 11.5 Å². The van der Waals surface area contributed by atoms with Crippen molar-refractivity contribution in [1.29, 1.82) is 0 Å². The molecular weight excluding hydrogens is 394 g/mol. The zero-order valence-electron chi connectivity index (χ0n) is 20.6. The molecule has 0 atom stereocenters. The second-order valence-corrected chi connectivity index (χ2v) is 9.35. The standard InChI is InChI=1S/C27H43N5/c1-5-25-26(32(3)4)18-21(2)31-27(25)30-20-23-14-12-22(13-15-23)19-28-16-9-17-29-24-10-7-6-8-11-24/h12-15,18,24,28-29H,5-11,16-17,19-20H2,1-4H3,(H,30,31). The van der Waals surface area contributed by atoms with Crippen LogP contribution in [0.25, 0.3) is 0 Å². The van der Waals surface area contributed by atoms with Crippen LogP contribution in [-0.4, -0.2) is 38.2 Å². The minimum absolute atomic E-state index is 0.766. The van der Waals surface area contributed by atoms with E-state index < -0.39 is 0 Å². The number of benzene rings is 1. The fraction of sp³-hybridized carbons (Fsp3) is 0.593. The number of nitrogens with zero attached hydrogens (tertiary/aromatic N) is 2. The topological polar surface area (TPSA) is 52.2 Å². The van der Waals surface area contributed by atoms with Crippen LogP contribution < -0.4 is 20.9 Å². The van der Waals surface area contributed by atoms with Crippen molar-refractivity contribution in [3.05, 3.63) is 52.7 Å². The predicted molar refractivity (Wildman–Crippen MR) is 138 cm³/mol. The van der Waals surface area contributed by atoms with Gasteiger partial charge in [-0.25, -0.2) is 4.98 Å². The summed E-state index contributed by atoms with van der Waals surface area (Å²) in [5.74, 6) is 1.00. The lowest BCUT2D eigenvalue weighted by molar-refractivity contribution is 0.371. The third kappa shape index (κ3) is 7.49. The molecule has 5 nitrogen and oxygen atoms in total. The lowest BCUT2D eigenvalue weighted by atomic mass is 9.95. The summed E-state index contributed by atoms with van der Waals surface area (Å²) in [6, 6.07) is 11.9. The average molecular weight is 438 g/mol. The molecular formula is C27H43N5. The van der Waals surface area contributed by atoms with Gasteiger partial charge in [-0.3, -0.25) is 0 Å². The molecule has 0 aliphatic heterocycles. The van der Waals surface area contributed by atoms with E-state index in [0.717, 1.165) is 50.2 Å². The number of nitrogens with one attached hydrogen (secondary N) is 3. The highest BCUT2D eigenvalue weighted by molar-refractivity contribution is 5.63. The molecule has 0 spiro atoms. The van der Waals surface area contributed by atoms with Gasteiger partial charge in [0.1, 0.15) is 5.82 Å². The molecule has 1 aromatic carbocycles. The molecule has 1 fully saturated rings.